The summed E-state index contributed by atoms with van der Waals surface area (Å²) in [5, 5.41) is 2.89. The number of hydrogen-bond donors (Lipinski definition) is 1. The molecule has 0 bridgehead atoms. The summed E-state index contributed by atoms with van der Waals surface area (Å²) in [7, 11) is 0. The summed E-state index contributed by atoms with van der Waals surface area (Å²) in [5.74, 6) is 2.82. The van der Waals surface area contributed by atoms with Crippen molar-refractivity contribution < 1.29 is 4.79 Å². The number of alkyl halides is 1. The second-order valence-corrected chi connectivity index (χ2v) is 4.27. The van der Waals surface area contributed by atoms with Gasteiger partial charge in [0.2, 0.25) is 5.91 Å². The quantitative estimate of drug-likeness (QED) is 0.553. The monoisotopic (exact) mass is 215 g/mol. The van der Waals surface area contributed by atoms with Crippen LogP contribution in [0, 0.1) is 17.8 Å². The maximum absolute atomic E-state index is 11.7. The molecule has 3 heteroatoms. The number of carbonyl (C=O) groups excluding carboxylic acids is 1. The first-order valence-corrected chi connectivity index (χ1v) is 5.31. The van der Waals surface area contributed by atoms with Gasteiger partial charge in [0.15, 0.2) is 0 Å². The van der Waals surface area contributed by atoms with Gasteiger partial charge in [-0.25, -0.2) is 0 Å². The molecule has 80 valence electrons. The highest BCUT2D eigenvalue weighted by atomic mass is 35.5. The van der Waals surface area contributed by atoms with E-state index in [4.69, 9.17) is 18.0 Å². The van der Waals surface area contributed by atoms with Crippen molar-refractivity contribution in [1.29, 1.82) is 0 Å². The lowest BCUT2D eigenvalue weighted by molar-refractivity contribution is -0.129. The minimum Gasteiger partial charge on any atom is -0.352 e. The van der Waals surface area contributed by atoms with Gasteiger partial charge in [-0.15, -0.1) is 23.9 Å². The van der Waals surface area contributed by atoms with Gasteiger partial charge >= 0.3 is 0 Å². The fourth-order valence-electron chi connectivity index (χ4n) is 0.881. The molecule has 0 saturated carbocycles. The first-order valence-electron chi connectivity index (χ1n) is 4.78. The Bertz CT molecular complexity index is 230. The molecular formula is C11H18ClNO. The van der Waals surface area contributed by atoms with Crippen molar-refractivity contribution in [3.8, 4) is 12.3 Å². The Kier molecular flexibility index (Phi) is 5.64. The molecule has 1 amide bonds. The molecule has 14 heavy (non-hydrogen) atoms. The molecule has 0 aromatic carbocycles. The normalized spacial score (nSPS) is 13.1. The van der Waals surface area contributed by atoms with Crippen LogP contribution in [-0.4, -0.2) is 17.8 Å². The summed E-state index contributed by atoms with van der Waals surface area (Å²) < 4.78 is 0. The van der Waals surface area contributed by atoms with E-state index >= 15 is 0 Å². The molecule has 0 aliphatic rings. The average Bonchev–Trinajstić information content (AvgIpc) is 2.16. The highest BCUT2D eigenvalue weighted by molar-refractivity contribution is 6.19. The molecule has 1 N–H and O–H groups in total. The number of amides is 1. The fraction of sp³-hybridized carbons (Fsp3) is 0.727. The summed E-state index contributed by atoms with van der Waals surface area (Å²) >= 11 is 5.69. The number of terminal acetylenes is 1. The molecule has 0 aromatic heterocycles. The summed E-state index contributed by atoms with van der Waals surface area (Å²) in [6, 6.07) is 0.0648. The van der Waals surface area contributed by atoms with E-state index in [1.54, 1.807) is 0 Å². The molecule has 0 spiro atoms. The summed E-state index contributed by atoms with van der Waals surface area (Å²) in [6.07, 6.45) is 6.61. The van der Waals surface area contributed by atoms with Crippen molar-refractivity contribution in [1.82, 2.24) is 5.32 Å². The van der Waals surface area contributed by atoms with Crippen LogP contribution in [0.3, 0.4) is 0 Å². The minimum absolute atomic E-state index is 0.0328. The number of nitrogens with one attached hydrogen (secondary N) is 1. The topological polar surface area (TPSA) is 29.1 Å². The van der Waals surface area contributed by atoms with Crippen LogP contribution in [0.15, 0.2) is 0 Å². The Balaban J connectivity index is 4.23. The van der Waals surface area contributed by atoms with Crippen LogP contribution >= 0.6 is 11.6 Å². The van der Waals surface area contributed by atoms with Gasteiger partial charge in [-0.1, -0.05) is 6.92 Å². The van der Waals surface area contributed by atoms with Crippen LogP contribution < -0.4 is 5.32 Å². The summed E-state index contributed by atoms with van der Waals surface area (Å²) in [5.41, 5.74) is -0.524. The van der Waals surface area contributed by atoms with E-state index in [1.165, 1.54) is 0 Å². The van der Waals surface area contributed by atoms with E-state index in [2.05, 4.69) is 11.2 Å². The van der Waals surface area contributed by atoms with Crippen LogP contribution in [0.4, 0.5) is 0 Å². The van der Waals surface area contributed by atoms with Crippen molar-refractivity contribution in [2.24, 2.45) is 5.41 Å². The third-order valence-corrected chi connectivity index (χ3v) is 2.81. The van der Waals surface area contributed by atoms with Crippen LogP contribution in [0.25, 0.3) is 0 Å². The molecule has 2 nitrogen and oxygen atoms in total. The van der Waals surface area contributed by atoms with Gasteiger partial charge in [0.1, 0.15) is 0 Å². The number of rotatable bonds is 5. The van der Waals surface area contributed by atoms with E-state index < -0.39 is 5.41 Å². The highest BCUT2D eigenvalue weighted by Gasteiger charge is 2.27. The second kappa shape index (κ2) is 5.93. The second-order valence-electron chi connectivity index (χ2n) is 4.00. The van der Waals surface area contributed by atoms with Crippen molar-refractivity contribution in [2.75, 3.05) is 5.88 Å². The molecule has 1 unspecified atom stereocenters. The smallest absolute Gasteiger partial charge is 0.227 e. The highest BCUT2D eigenvalue weighted by Crippen LogP contribution is 2.17. The lowest BCUT2D eigenvalue weighted by atomic mass is 9.94. The molecule has 0 radical (unpaired) electrons. The first kappa shape index (κ1) is 13.3. The van der Waals surface area contributed by atoms with Crippen molar-refractivity contribution in [2.45, 2.75) is 39.7 Å². The standard InChI is InChI=1S/C11H18ClNO/c1-5-7-9(6-2)13-10(14)11(3,4)8-12/h1,9H,6-8H2,2-4H3,(H,13,14). The third-order valence-electron chi connectivity index (χ3n) is 2.14. The zero-order valence-corrected chi connectivity index (χ0v) is 9.82. The van der Waals surface area contributed by atoms with Crippen LogP contribution in [0.2, 0.25) is 0 Å². The van der Waals surface area contributed by atoms with Gasteiger partial charge in [-0.05, 0) is 20.3 Å². The molecule has 1 atom stereocenters. The van der Waals surface area contributed by atoms with Gasteiger partial charge < -0.3 is 5.32 Å². The first-order chi connectivity index (χ1) is 6.47. The maximum atomic E-state index is 11.7. The average molecular weight is 216 g/mol. The SMILES string of the molecule is C#CCC(CC)NC(=O)C(C)(C)CCl. The van der Waals surface area contributed by atoms with E-state index in [0.717, 1.165) is 6.42 Å². The minimum atomic E-state index is -0.524. The van der Waals surface area contributed by atoms with Crippen LogP contribution in [0.5, 0.6) is 0 Å². The van der Waals surface area contributed by atoms with Gasteiger partial charge in [0.05, 0.1) is 5.41 Å². The number of hydrogen-bond acceptors (Lipinski definition) is 1. The van der Waals surface area contributed by atoms with Crippen molar-refractivity contribution >= 4 is 17.5 Å². The van der Waals surface area contributed by atoms with E-state index in [-0.39, 0.29) is 11.9 Å². The van der Waals surface area contributed by atoms with Crippen molar-refractivity contribution in [3.05, 3.63) is 0 Å². The molecule has 0 fully saturated rings. The zero-order chi connectivity index (χ0) is 11.2. The Labute approximate surface area is 91.4 Å². The van der Waals surface area contributed by atoms with E-state index in [1.807, 2.05) is 20.8 Å². The molecule has 0 aliphatic heterocycles. The van der Waals surface area contributed by atoms with Gasteiger partial charge in [0, 0.05) is 18.3 Å². The van der Waals surface area contributed by atoms with E-state index in [0.29, 0.717) is 12.3 Å². The van der Waals surface area contributed by atoms with Crippen LogP contribution in [0.1, 0.15) is 33.6 Å². The molecular weight excluding hydrogens is 198 g/mol. The van der Waals surface area contributed by atoms with Crippen molar-refractivity contribution in [3.63, 3.8) is 0 Å². The van der Waals surface area contributed by atoms with E-state index in [9.17, 15) is 4.79 Å². The molecule has 0 rings (SSSR count). The predicted octanol–water partition coefficient (Wildman–Crippen LogP) is 2.17. The Hall–Kier alpha value is -0.680. The lowest BCUT2D eigenvalue weighted by Gasteiger charge is -2.24. The fourth-order valence-corrected chi connectivity index (χ4v) is 1.00. The van der Waals surface area contributed by atoms with Gasteiger partial charge in [-0.2, -0.15) is 0 Å². The molecule has 0 heterocycles. The lowest BCUT2D eigenvalue weighted by Crippen LogP contribution is -2.43. The Morgan fingerprint density at radius 3 is 2.57 bits per heavy atom. The van der Waals surface area contributed by atoms with Gasteiger partial charge in [0.25, 0.3) is 0 Å². The van der Waals surface area contributed by atoms with Gasteiger partial charge in [-0.3, -0.25) is 4.79 Å². The summed E-state index contributed by atoms with van der Waals surface area (Å²) in [4.78, 5) is 11.7. The largest absolute Gasteiger partial charge is 0.352 e. The summed E-state index contributed by atoms with van der Waals surface area (Å²) in [6.45, 7) is 5.63. The number of halogens is 1. The molecule has 0 aromatic rings. The molecule has 0 saturated heterocycles. The maximum Gasteiger partial charge on any atom is 0.227 e. The predicted molar refractivity (Wildman–Crippen MR) is 60.2 cm³/mol. The molecule has 0 aliphatic carbocycles. The van der Waals surface area contributed by atoms with Crippen LogP contribution in [-0.2, 0) is 4.79 Å². The third kappa shape index (κ3) is 4.02. The Morgan fingerprint density at radius 1 is 1.64 bits per heavy atom. The number of carbonyl (C=O) groups is 1. The Morgan fingerprint density at radius 2 is 2.21 bits per heavy atom. The zero-order valence-electron chi connectivity index (χ0n) is 9.06.